The molecule has 20 heavy (non-hydrogen) atoms. The number of fused-ring (bicyclic) bond motifs is 1. The highest BCUT2D eigenvalue weighted by Gasteiger charge is 2.39. The Balaban J connectivity index is 2.12. The van der Waals surface area contributed by atoms with Gasteiger partial charge >= 0.3 is 16.1 Å². The Morgan fingerprint density at radius 3 is 2.65 bits per heavy atom. The number of benzene rings is 1. The van der Waals surface area contributed by atoms with Gasteiger partial charge in [-0.2, -0.15) is 8.42 Å². The number of nitrogens with one attached hydrogen (secondary N) is 1. The van der Waals surface area contributed by atoms with E-state index >= 15 is 0 Å². The zero-order valence-corrected chi connectivity index (χ0v) is 10.6. The van der Waals surface area contributed by atoms with Gasteiger partial charge in [-0.3, -0.25) is 10.1 Å². The van der Waals surface area contributed by atoms with E-state index in [1.54, 1.807) is 0 Å². The minimum Gasteiger partial charge on any atom is -0.440 e. The molecular weight excluding hydrogens is 291 g/mol. The van der Waals surface area contributed by atoms with Crippen LogP contribution in [-0.2, 0) is 14.8 Å². The first-order valence-electron chi connectivity index (χ1n) is 5.44. The second-order valence-corrected chi connectivity index (χ2v) is 5.88. The average Bonchev–Trinajstić information content (AvgIpc) is 2.94. The van der Waals surface area contributed by atoms with Crippen molar-refractivity contribution in [2.24, 2.45) is 0 Å². The summed E-state index contributed by atoms with van der Waals surface area (Å²) in [5.74, 6) is -1.45. The molecular formula is C11H7FN2O5S. The molecule has 2 aromatic rings. The summed E-state index contributed by atoms with van der Waals surface area (Å²) < 4.78 is 43.1. The quantitative estimate of drug-likeness (QED) is 0.828. The molecule has 0 bridgehead atoms. The smallest absolute Gasteiger partial charge is 0.338 e. The van der Waals surface area contributed by atoms with Crippen LogP contribution >= 0.6 is 0 Å². The van der Waals surface area contributed by atoms with E-state index in [-0.39, 0.29) is 11.0 Å². The van der Waals surface area contributed by atoms with Gasteiger partial charge in [0.2, 0.25) is 11.0 Å². The van der Waals surface area contributed by atoms with Crippen molar-refractivity contribution in [3.63, 3.8) is 0 Å². The second kappa shape index (κ2) is 4.04. The second-order valence-electron chi connectivity index (χ2n) is 4.09. The van der Waals surface area contributed by atoms with Gasteiger partial charge in [0, 0.05) is 11.5 Å². The fourth-order valence-electron chi connectivity index (χ4n) is 1.86. The van der Waals surface area contributed by atoms with Gasteiger partial charge in [-0.15, -0.1) is 0 Å². The third-order valence-electron chi connectivity index (χ3n) is 2.78. The van der Waals surface area contributed by atoms with Crippen molar-refractivity contribution in [3.05, 3.63) is 30.1 Å². The topological polar surface area (TPSA) is 96.7 Å². The predicted molar refractivity (Wildman–Crippen MR) is 63.6 cm³/mol. The maximum atomic E-state index is 13.5. The molecule has 104 valence electrons. The van der Waals surface area contributed by atoms with Gasteiger partial charge in [-0.25, -0.2) is 13.5 Å². The number of nitrogens with zero attached hydrogens (tertiary/aromatic N) is 1. The summed E-state index contributed by atoms with van der Waals surface area (Å²) in [6.45, 7) is -0.624. The number of carbonyl (C=O) groups excluding carboxylic acids is 2. The third-order valence-corrected chi connectivity index (χ3v) is 4.36. The molecule has 1 aliphatic rings. The summed E-state index contributed by atoms with van der Waals surface area (Å²) in [5.41, 5.74) is -0.225. The Labute approximate surface area is 112 Å². The number of furan rings is 1. The Bertz CT molecular complexity index is 842. The molecule has 1 saturated heterocycles. The number of imide groups is 1. The van der Waals surface area contributed by atoms with Crippen molar-refractivity contribution in [2.45, 2.75) is 5.09 Å². The molecule has 3 amide bonds. The maximum Gasteiger partial charge on any atom is 0.338 e. The number of para-hydroxylation sites is 1. The molecule has 3 rings (SSSR count). The average molecular weight is 298 g/mol. The maximum absolute atomic E-state index is 13.5. The van der Waals surface area contributed by atoms with Crippen molar-refractivity contribution in [1.82, 2.24) is 9.62 Å². The molecule has 0 radical (unpaired) electrons. The zero-order chi connectivity index (χ0) is 14.5. The first-order chi connectivity index (χ1) is 9.39. The fraction of sp³-hybridized carbons (Fsp3) is 0.0909. The van der Waals surface area contributed by atoms with Crippen LogP contribution in [0.5, 0.6) is 0 Å². The molecule has 1 aromatic carbocycles. The van der Waals surface area contributed by atoms with Crippen molar-refractivity contribution in [1.29, 1.82) is 0 Å². The van der Waals surface area contributed by atoms with E-state index < -0.39 is 39.4 Å². The highest BCUT2D eigenvalue weighted by Crippen LogP contribution is 2.27. The lowest BCUT2D eigenvalue weighted by atomic mass is 10.2. The van der Waals surface area contributed by atoms with Gasteiger partial charge in [0.05, 0.1) is 0 Å². The normalized spacial score (nSPS) is 15.9. The zero-order valence-electron chi connectivity index (χ0n) is 9.79. The lowest BCUT2D eigenvalue weighted by Crippen LogP contribution is -2.33. The van der Waals surface area contributed by atoms with Crippen LogP contribution in [-0.4, -0.2) is 31.2 Å². The largest absolute Gasteiger partial charge is 0.440 e. The van der Waals surface area contributed by atoms with E-state index in [2.05, 4.69) is 0 Å². The summed E-state index contributed by atoms with van der Waals surface area (Å²) in [4.78, 5) is 22.4. The summed E-state index contributed by atoms with van der Waals surface area (Å²) in [6, 6.07) is 4.03. The number of sulfonamides is 1. The highest BCUT2D eigenvalue weighted by molar-refractivity contribution is 7.89. The molecule has 0 atom stereocenters. The monoisotopic (exact) mass is 298 g/mol. The van der Waals surface area contributed by atoms with Crippen molar-refractivity contribution in [2.75, 3.05) is 6.54 Å². The minimum absolute atomic E-state index is 0.225. The number of carbonyl (C=O) groups is 2. The molecule has 0 spiro atoms. The van der Waals surface area contributed by atoms with Crippen molar-refractivity contribution in [3.8, 4) is 0 Å². The van der Waals surface area contributed by atoms with E-state index in [1.807, 2.05) is 5.32 Å². The summed E-state index contributed by atoms with van der Waals surface area (Å²) in [7, 11) is -4.33. The Morgan fingerprint density at radius 1 is 1.30 bits per heavy atom. The molecule has 1 fully saturated rings. The van der Waals surface area contributed by atoms with Crippen LogP contribution in [0.3, 0.4) is 0 Å². The van der Waals surface area contributed by atoms with Gasteiger partial charge in [0.25, 0.3) is 0 Å². The van der Waals surface area contributed by atoms with E-state index in [9.17, 15) is 22.4 Å². The Morgan fingerprint density at radius 2 is 2.05 bits per heavy atom. The number of hydrogen-bond acceptors (Lipinski definition) is 5. The van der Waals surface area contributed by atoms with Gasteiger partial charge in [0.1, 0.15) is 6.54 Å². The van der Waals surface area contributed by atoms with Gasteiger partial charge in [-0.1, -0.05) is 12.1 Å². The Kier molecular flexibility index (Phi) is 2.54. The molecule has 1 aliphatic heterocycles. The molecule has 0 aliphatic carbocycles. The number of halogens is 1. The number of urea groups is 1. The SMILES string of the molecule is O=C1CN(S(=O)(=O)c2cc3cccc(F)c3o2)C(=O)N1. The first kappa shape index (κ1) is 12.6. The van der Waals surface area contributed by atoms with E-state index in [0.29, 0.717) is 4.31 Å². The van der Waals surface area contributed by atoms with Gasteiger partial charge < -0.3 is 4.42 Å². The van der Waals surface area contributed by atoms with Crippen LogP contribution in [0.2, 0.25) is 0 Å². The van der Waals surface area contributed by atoms with E-state index in [0.717, 1.165) is 12.1 Å². The van der Waals surface area contributed by atoms with Crippen molar-refractivity contribution < 1.29 is 26.8 Å². The highest BCUT2D eigenvalue weighted by atomic mass is 32.2. The minimum atomic E-state index is -4.33. The standard InChI is InChI=1S/C11H7FN2O5S/c12-7-3-1-2-6-4-9(19-10(6)7)20(17,18)14-5-8(15)13-11(14)16/h1-4H,5H2,(H,13,15,16). The number of rotatable bonds is 2. The van der Waals surface area contributed by atoms with Crippen LogP contribution < -0.4 is 5.32 Å². The lowest BCUT2D eigenvalue weighted by molar-refractivity contribution is -0.118. The molecule has 9 heteroatoms. The fourth-order valence-corrected chi connectivity index (χ4v) is 3.09. The number of hydrogen-bond donors (Lipinski definition) is 1. The molecule has 0 unspecified atom stereocenters. The van der Waals surface area contributed by atoms with Crippen LogP contribution in [0.4, 0.5) is 9.18 Å². The van der Waals surface area contributed by atoms with Gasteiger partial charge in [-0.05, 0) is 6.07 Å². The molecule has 2 heterocycles. The lowest BCUT2D eigenvalue weighted by Gasteiger charge is -2.10. The van der Waals surface area contributed by atoms with Crippen LogP contribution in [0.25, 0.3) is 11.0 Å². The molecule has 1 N–H and O–H groups in total. The van der Waals surface area contributed by atoms with Crippen LogP contribution in [0.15, 0.2) is 33.8 Å². The van der Waals surface area contributed by atoms with Crippen LogP contribution in [0.1, 0.15) is 0 Å². The van der Waals surface area contributed by atoms with E-state index in [1.165, 1.54) is 12.1 Å². The number of amides is 3. The summed E-state index contributed by atoms with van der Waals surface area (Å²) in [5, 5.41) is 1.49. The van der Waals surface area contributed by atoms with Crippen molar-refractivity contribution >= 4 is 32.9 Å². The summed E-state index contributed by atoms with van der Waals surface area (Å²) >= 11 is 0. The Hall–Kier alpha value is -2.42. The third kappa shape index (κ3) is 1.74. The first-order valence-corrected chi connectivity index (χ1v) is 6.88. The van der Waals surface area contributed by atoms with Gasteiger partial charge in [0.15, 0.2) is 11.4 Å². The van der Waals surface area contributed by atoms with Crippen LogP contribution in [0, 0.1) is 5.82 Å². The molecule has 7 nitrogen and oxygen atoms in total. The van der Waals surface area contributed by atoms with E-state index in [4.69, 9.17) is 4.42 Å². The summed E-state index contributed by atoms with van der Waals surface area (Å²) in [6.07, 6.45) is 0. The molecule has 1 aromatic heterocycles. The predicted octanol–water partition coefficient (Wildman–Crippen LogP) is 0.812. The molecule has 0 saturated carbocycles.